The molecule has 0 aromatic heterocycles. The van der Waals surface area contributed by atoms with E-state index >= 15 is 0 Å². The number of hydrogen-bond donors (Lipinski definition) is 2. The van der Waals surface area contributed by atoms with Crippen molar-refractivity contribution in [2.75, 3.05) is 0 Å². The molecule has 0 spiro atoms. The number of hydrogen-bond acceptors (Lipinski definition) is 4. The summed E-state index contributed by atoms with van der Waals surface area (Å²) in [4.78, 5) is 31.9. The molecule has 0 aliphatic carbocycles. The lowest BCUT2D eigenvalue weighted by Gasteiger charge is -2.12. The number of rotatable bonds is 1. The summed E-state index contributed by atoms with van der Waals surface area (Å²) in [6, 6.07) is 0. The van der Waals surface area contributed by atoms with Crippen molar-refractivity contribution in [3.05, 3.63) is 0 Å². The van der Waals surface area contributed by atoms with Crippen LogP contribution in [0.25, 0.3) is 0 Å². The minimum atomic E-state index is -2.11. The van der Waals surface area contributed by atoms with Crippen LogP contribution in [0.3, 0.4) is 0 Å². The van der Waals surface area contributed by atoms with Crippen molar-refractivity contribution in [3.8, 4) is 0 Å². The molecule has 1 aliphatic rings. The van der Waals surface area contributed by atoms with Crippen molar-refractivity contribution >= 4 is 17.6 Å². The summed E-state index contributed by atoms with van der Waals surface area (Å²) in [6.45, 7) is 1.07. The smallest absolute Gasteiger partial charge is 0.266 e. The van der Waals surface area contributed by atoms with E-state index in [1.54, 1.807) is 0 Å². The van der Waals surface area contributed by atoms with E-state index in [1.807, 2.05) is 5.32 Å². The molecule has 1 unspecified atom stereocenters. The van der Waals surface area contributed by atoms with E-state index in [2.05, 4.69) is 0 Å². The van der Waals surface area contributed by atoms with Crippen molar-refractivity contribution in [2.24, 2.45) is 0 Å². The standard InChI is InChI=1S/C6H7NO4/c1-3(8)6(11)2-4(9)7-5(6)10/h11H,2H2,1H3,(H,7,9,10). The Bertz CT molecular complexity index is 247. The molecule has 0 aromatic carbocycles. The van der Waals surface area contributed by atoms with Gasteiger partial charge in [0.2, 0.25) is 11.5 Å². The van der Waals surface area contributed by atoms with E-state index in [1.165, 1.54) is 0 Å². The van der Waals surface area contributed by atoms with Crippen molar-refractivity contribution < 1.29 is 19.5 Å². The molecule has 11 heavy (non-hydrogen) atoms. The molecule has 1 heterocycles. The molecule has 0 bridgehead atoms. The van der Waals surface area contributed by atoms with Crippen molar-refractivity contribution in [1.82, 2.24) is 5.32 Å². The SMILES string of the molecule is CC(=O)C1(O)CC(=O)NC1=O. The van der Waals surface area contributed by atoms with Crippen molar-refractivity contribution in [1.29, 1.82) is 0 Å². The summed E-state index contributed by atoms with van der Waals surface area (Å²) in [5.74, 6) is -2.25. The zero-order chi connectivity index (χ0) is 8.65. The van der Waals surface area contributed by atoms with E-state index < -0.39 is 29.6 Å². The summed E-state index contributed by atoms with van der Waals surface area (Å²) in [5.41, 5.74) is -2.11. The van der Waals surface area contributed by atoms with Gasteiger partial charge in [0, 0.05) is 0 Å². The van der Waals surface area contributed by atoms with Crippen LogP contribution in [0.4, 0.5) is 0 Å². The van der Waals surface area contributed by atoms with E-state index in [-0.39, 0.29) is 0 Å². The summed E-state index contributed by atoms with van der Waals surface area (Å²) >= 11 is 0. The van der Waals surface area contributed by atoms with Crippen molar-refractivity contribution in [3.63, 3.8) is 0 Å². The maximum atomic E-state index is 10.7. The van der Waals surface area contributed by atoms with Crippen LogP contribution in [0.5, 0.6) is 0 Å². The average molecular weight is 157 g/mol. The van der Waals surface area contributed by atoms with Crippen LogP contribution in [-0.2, 0) is 14.4 Å². The molecule has 2 N–H and O–H groups in total. The molecule has 5 nitrogen and oxygen atoms in total. The number of Topliss-reactive ketones (excluding diaryl/α,β-unsaturated/α-hetero) is 1. The summed E-state index contributed by atoms with van der Waals surface area (Å²) < 4.78 is 0. The third-order valence-corrected chi connectivity index (χ3v) is 1.63. The molecule has 0 radical (unpaired) electrons. The Balaban J connectivity index is 2.96. The second kappa shape index (κ2) is 2.13. The topological polar surface area (TPSA) is 83.5 Å². The zero-order valence-corrected chi connectivity index (χ0v) is 5.88. The Morgan fingerprint density at radius 2 is 2.18 bits per heavy atom. The molecule has 0 aromatic rings. The minimum absolute atomic E-state index is 0.457. The Labute approximate surface area is 62.4 Å². The number of imide groups is 1. The minimum Gasteiger partial charge on any atom is -0.373 e. The molecule has 1 saturated heterocycles. The van der Waals surface area contributed by atoms with E-state index in [4.69, 9.17) is 0 Å². The quantitative estimate of drug-likeness (QED) is 0.353. The Kier molecular flexibility index (Phi) is 1.52. The first-order valence-electron chi connectivity index (χ1n) is 3.04. The molecule has 1 rings (SSSR count). The second-order valence-corrected chi connectivity index (χ2v) is 2.47. The highest BCUT2D eigenvalue weighted by atomic mass is 16.3. The lowest BCUT2D eigenvalue weighted by molar-refractivity contribution is -0.147. The summed E-state index contributed by atoms with van der Waals surface area (Å²) in [5, 5.41) is 11.1. The van der Waals surface area contributed by atoms with Gasteiger partial charge >= 0.3 is 0 Å². The monoisotopic (exact) mass is 157 g/mol. The van der Waals surface area contributed by atoms with Gasteiger partial charge in [0.05, 0.1) is 6.42 Å². The number of ketones is 1. The highest BCUT2D eigenvalue weighted by Gasteiger charge is 2.49. The number of amides is 2. The van der Waals surface area contributed by atoms with Gasteiger partial charge in [0.1, 0.15) is 0 Å². The largest absolute Gasteiger partial charge is 0.373 e. The molecular formula is C6H7NO4. The Morgan fingerprint density at radius 1 is 1.64 bits per heavy atom. The predicted molar refractivity (Wildman–Crippen MR) is 33.4 cm³/mol. The van der Waals surface area contributed by atoms with Gasteiger partial charge in [0.25, 0.3) is 5.91 Å². The molecule has 5 heteroatoms. The van der Waals surface area contributed by atoms with Gasteiger partial charge in [0.15, 0.2) is 5.78 Å². The predicted octanol–water partition coefficient (Wildman–Crippen LogP) is -1.65. The van der Waals surface area contributed by atoms with Gasteiger partial charge in [-0.05, 0) is 6.92 Å². The van der Waals surface area contributed by atoms with Gasteiger partial charge in [-0.25, -0.2) is 0 Å². The third-order valence-electron chi connectivity index (χ3n) is 1.63. The van der Waals surface area contributed by atoms with Gasteiger partial charge in [-0.2, -0.15) is 0 Å². The van der Waals surface area contributed by atoms with Gasteiger partial charge in [-0.3, -0.25) is 19.7 Å². The highest BCUT2D eigenvalue weighted by molar-refractivity contribution is 6.19. The number of carbonyl (C=O) groups excluding carboxylic acids is 3. The van der Waals surface area contributed by atoms with E-state index in [0.717, 1.165) is 6.92 Å². The molecule has 2 amide bonds. The van der Waals surface area contributed by atoms with Crippen LogP contribution in [0.15, 0.2) is 0 Å². The van der Waals surface area contributed by atoms with Crippen LogP contribution in [0.1, 0.15) is 13.3 Å². The van der Waals surface area contributed by atoms with Crippen LogP contribution >= 0.6 is 0 Å². The third kappa shape index (κ3) is 1.03. The fraction of sp³-hybridized carbons (Fsp3) is 0.500. The van der Waals surface area contributed by atoms with Gasteiger partial charge < -0.3 is 5.11 Å². The molecule has 1 atom stereocenters. The second-order valence-electron chi connectivity index (χ2n) is 2.47. The summed E-state index contributed by atoms with van der Waals surface area (Å²) in [7, 11) is 0. The maximum absolute atomic E-state index is 10.7. The fourth-order valence-electron chi connectivity index (χ4n) is 0.871. The van der Waals surface area contributed by atoms with Gasteiger partial charge in [-0.15, -0.1) is 0 Å². The molecule has 0 saturated carbocycles. The molecule has 60 valence electrons. The van der Waals surface area contributed by atoms with Gasteiger partial charge in [-0.1, -0.05) is 0 Å². The van der Waals surface area contributed by atoms with Crippen LogP contribution in [0, 0.1) is 0 Å². The first-order valence-corrected chi connectivity index (χ1v) is 3.04. The first-order chi connectivity index (χ1) is 4.97. The summed E-state index contributed by atoms with van der Waals surface area (Å²) in [6.07, 6.45) is -0.457. The van der Waals surface area contributed by atoms with E-state index in [0.29, 0.717) is 0 Å². The normalized spacial score (nSPS) is 30.4. The zero-order valence-electron chi connectivity index (χ0n) is 5.88. The maximum Gasteiger partial charge on any atom is 0.266 e. The average Bonchev–Trinajstić information content (AvgIpc) is 2.08. The van der Waals surface area contributed by atoms with Crippen LogP contribution < -0.4 is 5.32 Å². The fourth-order valence-corrected chi connectivity index (χ4v) is 0.871. The number of nitrogens with one attached hydrogen (secondary N) is 1. The first kappa shape index (κ1) is 7.87. The Hall–Kier alpha value is -1.23. The van der Waals surface area contributed by atoms with Crippen LogP contribution in [0.2, 0.25) is 0 Å². The molecule has 1 aliphatic heterocycles. The number of aliphatic hydroxyl groups is 1. The van der Waals surface area contributed by atoms with Crippen LogP contribution in [-0.4, -0.2) is 28.3 Å². The highest BCUT2D eigenvalue weighted by Crippen LogP contribution is 2.17. The van der Waals surface area contributed by atoms with Crippen molar-refractivity contribution in [2.45, 2.75) is 18.9 Å². The molecule has 1 fully saturated rings. The lowest BCUT2D eigenvalue weighted by atomic mass is 9.98. The number of carbonyl (C=O) groups is 3. The Morgan fingerprint density at radius 3 is 2.36 bits per heavy atom. The molecular weight excluding hydrogens is 150 g/mol. The lowest BCUT2D eigenvalue weighted by Crippen LogP contribution is -2.44. The van der Waals surface area contributed by atoms with E-state index in [9.17, 15) is 19.5 Å².